The van der Waals surface area contributed by atoms with Crippen molar-refractivity contribution in [2.75, 3.05) is 26.3 Å². The number of ketones is 1. The highest BCUT2D eigenvalue weighted by Crippen LogP contribution is 2.25. The Kier molecular flexibility index (Phi) is 6.85. The molecule has 28 heavy (non-hydrogen) atoms. The van der Waals surface area contributed by atoms with Crippen molar-refractivity contribution in [3.05, 3.63) is 29.8 Å². The number of carbonyl (C=O) groups excluding carboxylic acids is 2. The summed E-state index contributed by atoms with van der Waals surface area (Å²) >= 11 is 0. The molecule has 0 aromatic heterocycles. The average molecular weight is 410 g/mol. The first-order chi connectivity index (χ1) is 13.4. The van der Waals surface area contributed by atoms with Crippen LogP contribution >= 0.6 is 0 Å². The molecule has 2 fully saturated rings. The van der Waals surface area contributed by atoms with Crippen molar-refractivity contribution in [1.29, 1.82) is 0 Å². The molecule has 7 nitrogen and oxygen atoms in total. The summed E-state index contributed by atoms with van der Waals surface area (Å²) in [7, 11) is -3.69. The number of benzene rings is 1. The molecule has 1 atom stereocenters. The molecule has 0 radical (unpaired) electrons. The first kappa shape index (κ1) is 21.0. The van der Waals surface area contributed by atoms with Gasteiger partial charge in [-0.3, -0.25) is 9.59 Å². The molecule has 8 heteroatoms. The van der Waals surface area contributed by atoms with Gasteiger partial charge in [0.05, 0.1) is 16.9 Å². The van der Waals surface area contributed by atoms with Gasteiger partial charge in [0.2, 0.25) is 10.0 Å². The van der Waals surface area contributed by atoms with Crippen LogP contribution in [0.3, 0.4) is 0 Å². The summed E-state index contributed by atoms with van der Waals surface area (Å²) in [4.78, 5) is 23.9. The Morgan fingerprint density at radius 1 is 1.18 bits per heavy atom. The van der Waals surface area contributed by atoms with Gasteiger partial charge in [0.25, 0.3) is 0 Å². The number of Topliss-reactive ketones (excluding diaryl/α,β-unsaturated/α-hetero) is 1. The number of carbonyl (C=O) groups is 2. The molecule has 1 unspecified atom stereocenters. The topological polar surface area (TPSA) is 90.0 Å². The van der Waals surface area contributed by atoms with Crippen LogP contribution in [0.15, 0.2) is 29.2 Å². The molecular formula is C20H27NO6S. The summed E-state index contributed by atoms with van der Waals surface area (Å²) < 4.78 is 38.0. The fourth-order valence-corrected chi connectivity index (χ4v) is 5.10. The van der Waals surface area contributed by atoms with E-state index in [-0.39, 0.29) is 48.4 Å². The molecule has 0 saturated carbocycles. The van der Waals surface area contributed by atoms with Crippen LogP contribution in [0.2, 0.25) is 0 Å². The van der Waals surface area contributed by atoms with E-state index in [0.29, 0.717) is 25.0 Å². The highest BCUT2D eigenvalue weighted by atomic mass is 32.2. The Bertz CT molecular complexity index is 808. The Labute approximate surface area is 166 Å². The maximum Gasteiger partial charge on any atom is 0.309 e. The number of piperidine rings is 1. The van der Waals surface area contributed by atoms with Crippen molar-refractivity contribution in [3.8, 4) is 0 Å². The molecule has 2 saturated heterocycles. The van der Waals surface area contributed by atoms with Crippen molar-refractivity contribution in [3.63, 3.8) is 0 Å². The minimum atomic E-state index is -3.69. The third kappa shape index (κ3) is 4.98. The lowest BCUT2D eigenvalue weighted by Gasteiger charge is -2.30. The van der Waals surface area contributed by atoms with Crippen LogP contribution in [-0.2, 0) is 24.3 Å². The molecule has 0 aliphatic carbocycles. The van der Waals surface area contributed by atoms with Crippen molar-refractivity contribution < 1.29 is 27.5 Å². The van der Waals surface area contributed by atoms with E-state index in [4.69, 9.17) is 9.47 Å². The Morgan fingerprint density at radius 3 is 2.57 bits per heavy atom. The highest BCUT2D eigenvalue weighted by Gasteiger charge is 2.33. The largest absolute Gasteiger partial charge is 0.463 e. The van der Waals surface area contributed by atoms with E-state index in [9.17, 15) is 18.0 Å². The lowest BCUT2D eigenvalue weighted by molar-refractivity contribution is -0.155. The highest BCUT2D eigenvalue weighted by molar-refractivity contribution is 7.89. The Balaban J connectivity index is 1.54. The maximum atomic E-state index is 12.9. The number of rotatable bonds is 6. The van der Waals surface area contributed by atoms with E-state index < -0.39 is 10.0 Å². The second kappa shape index (κ2) is 9.15. The molecular weight excluding hydrogens is 382 g/mol. The second-order valence-corrected chi connectivity index (χ2v) is 9.32. The van der Waals surface area contributed by atoms with Gasteiger partial charge >= 0.3 is 5.97 Å². The molecule has 0 amide bonds. The van der Waals surface area contributed by atoms with Gasteiger partial charge in [-0.05, 0) is 51.2 Å². The Morgan fingerprint density at radius 2 is 1.93 bits per heavy atom. The van der Waals surface area contributed by atoms with E-state index >= 15 is 0 Å². The minimum Gasteiger partial charge on any atom is -0.463 e. The number of sulfonamides is 1. The number of ether oxygens (including phenoxy) is 2. The summed E-state index contributed by atoms with van der Waals surface area (Å²) in [5.41, 5.74) is 0.365. The third-order valence-electron chi connectivity index (χ3n) is 5.35. The third-order valence-corrected chi connectivity index (χ3v) is 7.25. The molecule has 154 valence electrons. The summed E-state index contributed by atoms with van der Waals surface area (Å²) in [5, 5.41) is 0. The fraction of sp³-hybridized carbons (Fsp3) is 0.600. The molecule has 0 N–H and O–H groups in total. The summed E-state index contributed by atoms with van der Waals surface area (Å²) in [6.07, 6.45) is 3.87. The fourth-order valence-electron chi connectivity index (χ4n) is 3.59. The zero-order valence-electron chi connectivity index (χ0n) is 16.1. The minimum absolute atomic E-state index is 0.0216. The van der Waals surface area contributed by atoms with Gasteiger partial charge in [0.1, 0.15) is 6.61 Å². The zero-order chi connectivity index (χ0) is 20.1. The summed E-state index contributed by atoms with van der Waals surface area (Å²) in [6, 6.07) is 6.06. The first-order valence-electron chi connectivity index (χ1n) is 9.77. The van der Waals surface area contributed by atoms with Crippen LogP contribution in [0.5, 0.6) is 0 Å². The average Bonchev–Trinajstić information content (AvgIpc) is 2.73. The van der Waals surface area contributed by atoms with Crippen LogP contribution in [-0.4, -0.2) is 56.9 Å². The standard InChI is InChI=1S/C20H27NO6S/c1-15(22)17-5-4-7-19(13-17)28(24,25)21-10-8-16(9-11-21)20(23)27-14-18-6-2-3-12-26-18/h4-5,7,13,16,18H,2-3,6,8-12,14H2,1H3. The molecule has 2 aliphatic rings. The smallest absolute Gasteiger partial charge is 0.309 e. The van der Waals surface area contributed by atoms with Crippen LogP contribution in [0.4, 0.5) is 0 Å². The summed E-state index contributed by atoms with van der Waals surface area (Å²) in [5.74, 6) is -0.746. The molecule has 1 aromatic carbocycles. The van der Waals surface area contributed by atoms with Crippen molar-refractivity contribution in [1.82, 2.24) is 4.31 Å². The first-order valence-corrected chi connectivity index (χ1v) is 11.2. The number of hydrogen-bond donors (Lipinski definition) is 0. The molecule has 0 bridgehead atoms. The molecule has 1 aromatic rings. The molecule has 2 aliphatic heterocycles. The van der Waals surface area contributed by atoms with Crippen LogP contribution in [0, 0.1) is 5.92 Å². The SMILES string of the molecule is CC(=O)c1cccc(S(=O)(=O)N2CCC(C(=O)OCC3CCCCO3)CC2)c1. The van der Waals surface area contributed by atoms with E-state index in [1.807, 2.05) is 0 Å². The molecule has 0 spiro atoms. The number of esters is 1. The quantitative estimate of drug-likeness (QED) is 0.529. The van der Waals surface area contributed by atoms with Gasteiger partial charge in [-0.2, -0.15) is 4.31 Å². The maximum absolute atomic E-state index is 12.9. The number of nitrogens with zero attached hydrogens (tertiary/aromatic N) is 1. The van der Waals surface area contributed by atoms with Crippen molar-refractivity contribution >= 4 is 21.8 Å². The normalized spacial score (nSPS) is 22.0. The molecule has 2 heterocycles. The van der Waals surface area contributed by atoms with Crippen LogP contribution in [0.25, 0.3) is 0 Å². The van der Waals surface area contributed by atoms with Crippen molar-refractivity contribution in [2.24, 2.45) is 5.92 Å². The van der Waals surface area contributed by atoms with Crippen molar-refractivity contribution in [2.45, 2.75) is 50.0 Å². The summed E-state index contributed by atoms with van der Waals surface area (Å²) in [6.45, 7) is 2.90. The van der Waals surface area contributed by atoms with Gasteiger partial charge in [-0.15, -0.1) is 0 Å². The second-order valence-electron chi connectivity index (χ2n) is 7.38. The lowest BCUT2D eigenvalue weighted by Crippen LogP contribution is -2.41. The lowest BCUT2D eigenvalue weighted by atomic mass is 9.98. The zero-order valence-corrected chi connectivity index (χ0v) is 16.9. The van der Waals surface area contributed by atoms with Gasteiger partial charge in [-0.1, -0.05) is 12.1 Å². The van der Waals surface area contributed by atoms with E-state index in [1.165, 1.54) is 23.4 Å². The van der Waals surface area contributed by atoms with Gasteiger partial charge in [0.15, 0.2) is 5.78 Å². The van der Waals surface area contributed by atoms with E-state index in [1.54, 1.807) is 12.1 Å². The monoisotopic (exact) mass is 409 g/mol. The van der Waals surface area contributed by atoms with Gasteiger partial charge in [-0.25, -0.2) is 8.42 Å². The van der Waals surface area contributed by atoms with Gasteiger partial charge in [0, 0.05) is 25.3 Å². The van der Waals surface area contributed by atoms with Crippen LogP contribution < -0.4 is 0 Å². The van der Waals surface area contributed by atoms with Gasteiger partial charge < -0.3 is 9.47 Å². The number of hydrogen-bond acceptors (Lipinski definition) is 6. The molecule has 3 rings (SSSR count). The Hall–Kier alpha value is -1.77. The van der Waals surface area contributed by atoms with E-state index in [0.717, 1.165) is 19.3 Å². The van der Waals surface area contributed by atoms with Crippen LogP contribution in [0.1, 0.15) is 49.4 Å². The predicted octanol–water partition coefficient (Wildman–Crippen LogP) is 2.40. The van der Waals surface area contributed by atoms with E-state index in [2.05, 4.69) is 0 Å². The predicted molar refractivity (Wildman–Crippen MR) is 102 cm³/mol.